The van der Waals surface area contributed by atoms with Gasteiger partial charge in [0.15, 0.2) is 0 Å². The summed E-state index contributed by atoms with van der Waals surface area (Å²) in [5.41, 5.74) is 3.28. The van der Waals surface area contributed by atoms with E-state index in [0.717, 1.165) is 17.8 Å². The molecule has 0 spiro atoms. The van der Waals surface area contributed by atoms with E-state index in [-0.39, 0.29) is 0 Å². The monoisotopic (exact) mass is 226 g/mol. The molecule has 0 amide bonds. The lowest BCUT2D eigenvalue weighted by Crippen LogP contribution is -1.90. The fourth-order valence-electron chi connectivity index (χ4n) is 1.86. The van der Waals surface area contributed by atoms with E-state index in [1.165, 1.54) is 24.8 Å². The quantitative estimate of drug-likeness (QED) is 0.723. The van der Waals surface area contributed by atoms with Crippen molar-refractivity contribution in [2.45, 2.75) is 32.6 Å². The first-order valence-electron chi connectivity index (χ1n) is 6.26. The van der Waals surface area contributed by atoms with Gasteiger partial charge in [0.05, 0.1) is 11.4 Å². The third-order valence-electron chi connectivity index (χ3n) is 2.82. The molecule has 2 heteroatoms. The van der Waals surface area contributed by atoms with Gasteiger partial charge in [-0.15, -0.1) is 0 Å². The highest BCUT2D eigenvalue weighted by Crippen LogP contribution is 2.16. The zero-order chi connectivity index (χ0) is 11.9. The molecule has 0 saturated heterocycles. The standard InChI is InChI=1S/C15H18N2/c1-2-3-4-7-13-9-11-17-15(12-13)14-8-5-6-10-16-14/h5-6,8-12H,2-4,7H2,1H3. The molecule has 0 saturated carbocycles. The summed E-state index contributed by atoms with van der Waals surface area (Å²) >= 11 is 0. The van der Waals surface area contributed by atoms with E-state index in [9.17, 15) is 0 Å². The van der Waals surface area contributed by atoms with Crippen molar-refractivity contribution in [3.8, 4) is 11.4 Å². The molecule has 2 nitrogen and oxygen atoms in total. The molecule has 2 aromatic heterocycles. The lowest BCUT2D eigenvalue weighted by Gasteiger charge is -2.03. The molecule has 2 rings (SSSR count). The van der Waals surface area contributed by atoms with Crippen molar-refractivity contribution in [1.82, 2.24) is 9.97 Å². The maximum Gasteiger partial charge on any atom is 0.0888 e. The Bertz CT molecular complexity index is 451. The van der Waals surface area contributed by atoms with Crippen LogP contribution in [0.4, 0.5) is 0 Å². The topological polar surface area (TPSA) is 25.8 Å². The van der Waals surface area contributed by atoms with Gasteiger partial charge in [0.1, 0.15) is 0 Å². The molecule has 0 N–H and O–H groups in total. The molecule has 2 aromatic rings. The predicted molar refractivity (Wildman–Crippen MR) is 70.7 cm³/mol. The van der Waals surface area contributed by atoms with Gasteiger partial charge < -0.3 is 0 Å². The first-order chi connectivity index (χ1) is 8.40. The van der Waals surface area contributed by atoms with Gasteiger partial charge in [-0.1, -0.05) is 25.8 Å². The molecular weight excluding hydrogens is 208 g/mol. The van der Waals surface area contributed by atoms with Gasteiger partial charge in [-0.05, 0) is 42.7 Å². The summed E-state index contributed by atoms with van der Waals surface area (Å²) in [6, 6.07) is 10.2. The van der Waals surface area contributed by atoms with Crippen LogP contribution in [0.25, 0.3) is 11.4 Å². The fraction of sp³-hybridized carbons (Fsp3) is 0.333. The highest BCUT2D eigenvalue weighted by molar-refractivity contribution is 5.54. The van der Waals surface area contributed by atoms with Crippen LogP contribution in [0, 0.1) is 0 Å². The minimum Gasteiger partial charge on any atom is -0.255 e. The summed E-state index contributed by atoms with van der Waals surface area (Å²) in [6.45, 7) is 2.23. The van der Waals surface area contributed by atoms with Crippen LogP contribution in [0.2, 0.25) is 0 Å². The van der Waals surface area contributed by atoms with Crippen LogP contribution in [0.1, 0.15) is 31.7 Å². The Kier molecular flexibility index (Phi) is 4.25. The molecule has 0 aliphatic carbocycles. The molecule has 0 aliphatic rings. The summed E-state index contributed by atoms with van der Waals surface area (Å²) < 4.78 is 0. The molecule has 88 valence electrons. The second kappa shape index (κ2) is 6.14. The Balaban J connectivity index is 2.12. The number of aryl methyl sites for hydroxylation is 1. The molecule has 2 heterocycles. The minimum atomic E-state index is 0.949. The molecule has 0 bridgehead atoms. The van der Waals surface area contributed by atoms with E-state index in [2.05, 4.69) is 29.0 Å². The van der Waals surface area contributed by atoms with E-state index in [4.69, 9.17) is 0 Å². The molecule has 17 heavy (non-hydrogen) atoms. The van der Waals surface area contributed by atoms with Crippen molar-refractivity contribution in [3.63, 3.8) is 0 Å². The van der Waals surface area contributed by atoms with Crippen LogP contribution >= 0.6 is 0 Å². The first kappa shape index (κ1) is 11.8. The number of rotatable bonds is 5. The smallest absolute Gasteiger partial charge is 0.0888 e. The summed E-state index contributed by atoms with van der Waals surface area (Å²) in [7, 11) is 0. The highest BCUT2D eigenvalue weighted by atomic mass is 14.8. The summed E-state index contributed by atoms with van der Waals surface area (Å²) in [4.78, 5) is 8.70. The second-order valence-electron chi connectivity index (χ2n) is 4.22. The Morgan fingerprint density at radius 3 is 2.59 bits per heavy atom. The number of hydrogen-bond acceptors (Lipinski definition) is 2. The number of hydrogen-bond donors (Lipinski definition) is 0. The molecule has 0 atom stereocenters. The normalized spacial score (nSPS) is 10.4. The van der Waals surface area contributed by atoms with Crippen molar-refractivity contribution in [2.24, 2.45) is 0 Å². The molecule has 0 fully saturated rings. The lowest BCUT2D eigenvalue weighted by molar-refractivity contribution is 0.717. The van der Waals surface area contributed by atoms with Crippen LogP contribution < -0.4 is 0 Å². The summed E-state index contributed by atoms with van der Waals surface area (Å²) in [6.07, 6.45) is 8.63. The van der Waals surface area contributed by atoms with E-state index >= 15 is 0 Å². The Morgan fingerprint density at radius 2 is 1.82 bits per heavy atom. The average molecular weight is 226 g/mol. The van der Waals surface area contributed by atoms with Crippen LogP contribution in [0.5, 0.6) is 0 Å². The maximum absolute atomic E-state index is 4.38. The average Bonchev–Trinajstić information content (AvgIpc) is 2.41. The van der Waals surface area contributed by atoms with Gasteiger partial charge in [0.2, 0.25) is 0 Å². The van der Waals surface area contributed by atoms with Crippen LogP contribution in [-0.4, -0.2) is 9.97 Å². The highest BCUT2D eigenvalue weighted by Gasteiger charge is 2.01. The molecular formula is C15H18N2. The van der Waals surface area contributed by atoms with E-state index in [1.54, 1.807) is 6.20 Å². The molecule has 0 aliphatic heterocycles. The maximum atomic E-state index is 4.38. The minimum absolute atomic E-state index is 0.949. The Morgan fingerprint density at radius 1 is 0.941 bits per heavy atom. The zero-order valence-electron chi connectivity index (χ0n) is 10.3. The van der Waals surface area contributed by atoms with E-state index in [1.807, 2.05) is 24.4 Å². The predicted octanol–water partition coefficient (Wildman–Crippen LogP) is 3.88. The lowest BCUT2D eigenvalue weighted by atomic mass is 10.1. The Hall–Kier alpha value is -1.70. The van der Waals surface area contributed by atoms with Crippen LogP contribution in [0.15, 0.2) is 42.7 Å². The second-order valence-corrected chi connectivity index (χ2v) is 4.22. The van der Waals surface area contributed by atoms with Crippen LogP contribution in [0.3, 0.4) is 0 Å². The van der Waals surface area contributed by atoms with Crippen molar-refractivity contribution >= 4 is 0 Å². The van der Waals surface area contributed by atoms with Gasteiger partial charge in [-0.25, -0.2) is 0 Å². The first-order valence-corrected chi connectivity index (χ1v) is 6.26. The third kappa shape index (κ3) is 3.38. The van der Waals surface area contributed by atoms with Crippen molar-refractivity contribution in [2.75, 3.05) is 0 Å². The number of nitrogens with zero attached hydrogens (tertiary/aromatic N) is 2. The van der Waals surface area contributed by atoms with Gasteiger partial charge in [0.25, 0.3) is 0 Å². The van der Waals surface area contributed by atoms with Gasteiger partial charge in [-0.2, -0.15) is 0 Å². The largest absolute Gasteiger partial charge is 0.255 e. The van der Waals surface area contributed by atoms with Crippen molar-refractivity contribution in [1.29, 1.82) is 0 Å². The number of pyridine rings is 2. The summed E-state index contributed by atoms with van der Waals surface area (Å²) in [5, 5.41) is 0. The SMILES string of the molecule is CCCCCc1ccnc(-c2ccccn2)c1. The fourth-order valence-corrected chi connectivity index (χ4v) is 1.86. The van der Waals surface area contributed by atoms with E-state index in [0.29, 0.717) is 0 Å². The Labute approximate surface area is 103 Å². The molecule has 0 radical (unpaired) electrons. The van der Waals surface area contributed by atoms with Gasteiger partial charge in [-0.3, -0.25) is 9.97 Å². The van der Waals surface area contributed by atoms with Crippen LogP contribution in [-0.2, 0) is 6.42 Å². The van der Waals surface area contributed by atoms with Gasteiger partial charge >= 0.3 is 0 Å². The molecule has 0 aromatic carbocycles. The number of unbranched alkanes of at least 4 members (excludes halogenated alkanes) is 2. The number of aromatic nitrogens is 2. The third-order valence-corrected chi connectivity index (χ3v) is 2.82. The van der Waals surface area contributed by atoms with Gasteiger partial charge in [0, 0.05) is 12.4 Å². The van der Waals surface area contributed by atoms with E-state index < -0.39 is 0 Å². The zero-order valence-corrected chi connectivity index (χ0v) is 10.3. The van der Waals surface area contributed by atoms with Crippen molar-refractivity contribution < 1.29 is 0 Å². The summed E-state index contributed by atoms with van der Waals surface area (Å²) in [5.74, 6) is 0. The van der Waals surface area contributed by atoms with Crippen molar-refractivity contribution in [3.05, 3.63) is 48.3 Å². The molecule has 0 unspecified atom stereocenters.